The summed E-state index contributed by atoms with van der Waals surface area (Å²) >= 11 is 3.22. The average Bonchev–Trinajstić information content (AvgIpc) is 2.83. The number of fused-ring (bicyclic) bond motifs is 1. The Hall–Kier alpha value is -2.62. The highest BCUT2D eigenvalue weighted by atomic mass is 79.9. The third-order valence-corrected chi connectivity index (χ3v) is 3.73. The molecule has 24 heavy (non-hydrogen) atoms. The van der Waals surface area contributed by atoms with E-state index < -0.39 is 11.3 Å². The van der Waals surface area contributed by atoms with Crippen LogP contribution in [-0.2, 0) is 0 Å². The van der Waals surface area contributed by atoms with E-state index in [9.17, 15) is 23.3 Å². The van der Waals surface area contributed by atoms with E-state index in [4.69, 9.17) is 0 Å². The summed E-state index contributed by atoms with van der Waals surface area (Å²) in [5.41, 5.74) is 0.961. The van der Waals surface area contributed by atoms with Crippen LogP contribution in [0.15, 0.2) is 47.1 Å². The van der Waals surface area contributed by atoms with Gasteiger partial charge in [-0.3, -0.25) is 10.1 Å². The maximum absolute atomic E-state index is 12.2. The molecular weight excluding hydrogens is 395 g/mol. The van der Waals surface area contributed by atoms with E-state index in [0.29, 0.717) is 21.2 Å². The van der Waals surface area contributed by atoms with Crippen LogP contribution in [0.2, 0.25) is 0 Å². The Kier molecular flexibility index (Phi) is 3.91. The van der Waals surface area contributed by atoms with Crippen molar-refractivity contribution in [2.24, 2.45) is 0 Å². The van der Waals surface area contributed by atoms with Crippen LogP contribution >= 0.6 is 15.9 Å². The van der Waals surface area contributed by atoms with Crippen molar-refractivity contribution in [3.05, 3.63) is 57.2 Å². The summed E-state index contributed by atoms with van der Waals surface area (Å²) in [5, 5.41) is 15.6. The second-order valence-electron chi connectivity index (χ2n) is 4.70. The predicted molar refractivity (Wildman–Crippen MR) is 82.1 cm³/mol. The third kappa shape index (κ3) is 3.18. The van der Waals surface area contributed by atoms with Crippen molar-refractivity contribution < 1.29 is 22.8 Å². The Morgan fingerprint density at radius 1 is 1.17 bits per heavy atom. The standard InChI is InChI=1S/C14H7BrF3N3O3/c15-13-11-7-9(21(22)23)3-6-12(11)20(19-13)8-1-4-10(5-2-8)24-14(16,17)18/h1-7H. The lowest BCUT2D eigenvalue weighted by Gasteiger charge is -2.09. The zero-order valence-electron chi connectivity index (χ0n) is 11.6. The summed E-state index contributed by atoms with van der Waals surface area (Å²) in [6.07, 6.45) is -4.76. The Balaban J connectivity index is 2.02. The molecule has 0 saturated heterocycles. The van der Waals surface area contributed by atoms with Gasteiger partial charge in [-0.05, 0) is 46.3 Å². The zero-order valence-corrected chi connectivity index (χ0v) is 13.2. The number of nitrogens with zero attached hydrogens (tertiary/aromatic N) is 3. The number of nitro groups is 1. The number of hydrogen-bond donors (Lipinski definition) is 0. The fourth-order valence-electron chi connectivity index (χ4n) is 2.17. The lowest BCUT2D eigenvalue weighted by atomic mass is 10.2. The molecule has 0 saturated carbocycles. The third-order valence-electron chi connectivity index (χ3n) is 3.14. The first-order chi connectivity index (χ1) is 11.2. The molecule has 1 aromatic heterocycles. The highest BCUT2D eigenvalue weighted by Gasteiger charge is 2.31. The lowest BCUT2D eigenvalue weighted by Crippen LogP contribution is -2.17. The minimum Gasteiger partial charge on any atom is -0.406 e. The summed E-state index contributed by atoms with van der Waals surface area (Å²) in [6, 6.07) is 9.34. The Labute approximate surface area is 140 Å². The van der Waals surface area contributed by atoms with Crippen molar-refractivity contribution in [3.63, 3.8) is 0 Å². The van der Waals surface area contributed by atoms with Crippen LogP contribution < -0.4 is 4.74 Å². The van der Waals surface area contributed by atoms with E-state index >= 15 is 0 Å². The van der Waals surface area contributed by atoms with E-state index in [0.717, 1.165) is 12.1 Å². The van der Waals surface area contributed by atoms with Gasteiger partial charge in [0.15, 0.2) is 0 Å². The second-order valence-corrected chi connectivity index (χ2v) is 5.45. The van der Waals surface area contributed by atoms with Gasteiger partial charge in [0, 0.05) is 17.5 Å². The molecule has 0 radical (unpaired) electrons. The highest BCUT2D eigenvalue weighted by Crippen LogP contribution is 2.30. The quantitative estimate of drug-likeness (QED) is 0.475. The summed E-state index contributed by atoms with van der Waals surface area (Å²) in [7, 11) is 0. The summed E-state index contributed by atoms with van der Waals surface area (Å²) < 4.78 is 42.2. The number of non-ortho nitro benzene ring substituents is 1. The van der Waals surface area contributed by atoms with Crippen molar-refractivity contribution in [2.75, 3.05) is 0 Å². The molecule has 3 aromatic rings. The molecule has 2 aromatic carbocycles. The molecule has 0 aliphatic heterocycles. The summed E-state index contributed by atoms with van der Waals surface area (Å²) in [5.74, 6) is -0.350. The van der Waals surface area contributed by atoms with E-state index in [1.54, 1.807) is 0 Å². The number of aromatic nitrogens is 2. The van der Waals surface area contributed by atoms with Gasteiger partial charge in [0.25, 0.3) is 5.69 Å². The number of benzene rings is 2. The molecule has 0 spiro atoms. The Bertz CT molecular complexity index is 923. The van der Waals surface area contributed by atoms with Gasteiger partial charge in [0.05, 0.1) is 16.1 Å². The van der Waals surface area contributed by atoms with Gasteiger partial charge < -0.3 is 4.74 Å². The maximum atomic E-state index is 12.2. The molecule has 3 rings (SSSR count). The minimum absolute atomic E-state index is 0.0864. The summed E-state index contributed by atoms with van der Waals surface area (Å²) in [4.78, 5) is 10.3. The van der Waals surface area contributed by atoms with Crippen LogP contribution in [0, 0.1) is 10.1 Å². The Morgan fingerprint density at radius 3 is 2.42 bits per heavy atom. The van der Waals surface area contributed by atoms with Gasteiger partial charge in [0.1, 0.15) is 10.4 Å². The number of alkyl halides is 3. The molecule has 0 atom stereocenters. The molecule has 0 N–H and O–H groups in total. The van der Waals surface area contributed by atoms with Crippen LogP contribution in [0.4, 0.5) is 18.9 Å². The molecule has 0 aliphatic carbocycles. The molecule has 124 valence electrons. The van der Waals surface area contributed by atoms with Crippen LogP contribution in [-0.4, -0.2) is 21.1 Å². The SMILES string of the molecule is O=[N+]([O-])c1ccc2c(c1)c(Br)nn2-c1ccc(OC(F)(F)F)cc1. The molecule has 1 heterocycles. The van der Waals surface area contributed by atoms with Crippen molar-refractivity contribution in [1.29, 1.82) is 0 Å². The summed E-state index contributed by atoms with van der Waals surface area (Å²) in [6.45, 7) is 0. The first-order valence-electron chi connectivity index (χ1n) is 6.43. The normalized spacial score (nSPS) is 11.7. The van der Waals surface area contributed by atoms with Gasteiger partial charge in [0.2, 0.25) is 0 Å². The van der Waals surface area contributed by atoms with Gasteiger partial charge in [-0.1, -0.05) is 0 Å². The molecule has 0 unspecified atom stereocenters. The second kappa shape index (κ2) is 5.78. The van der Waals surface area contributed by atoms with Gasteiger partial charge in [-0.25, -0.2) is 4.68 Å². The number of rotatable bonds is 3. The van der Waals surface area contributed by atoms with Crippen LogP contribution in [0.5, 0.6) is 5.75 Å². The van der Waals surface area contributed by atoms with Crippen LogP contribution in [0.25, 0.3) is 16.6 Å². The lowest BCUT2D eigenvalue weighted by molar-refractivity contribution is -0.384. The maximum Gasteiger partial charge on any atom is 0.573 e. The Morgan fingerprint density at radius 2 is 1.83 bits per heavy atom. The molecule has 0 fully saturated rings. The molecule has 0 bridgehead atoms. The van der Waals surface area contributed by atoms with Gasteiger partial charge in [-0.15, -0.1) is 13.2 Å². The first kappa shape index (κ1) is 16.2. The van der Waals surface area contributed by atoms with Gasteiger partial charge >= 0.3 is 6.36 Å². The molecule has 10 heteroatoms. The fourth-order valence-corrected chi connectivity index (χ4v) is 2.65. The number of ether oxygens (including phenoxy) is 1. The van der Waals surface area contributed by atoms with Crippen molar-refractivity contribution in [3.8, 4) is 11.4 Å². The molecular formula is C14H7BrF3N3O3. The largest absolute Gasteiger partial charge is 0.573 e. The van der Waals surface area contributed by atoms with Crippen LogP contribution in [0.1, 0.15) is 0 Å². The molecule has 6 nitrogen and oxygen atoms in total. The van der Waals surface area contributed by atoms with E-state index in [1.807, 2.05) is 0 Å². The number of hydrogen-bond acceptors (Lipinski definition) is 4. The van der Waals surface area contributed by atoms with Gasteiger partial charge in [-0.2, -0.15) is 5.10 Å². The number of halogens is 4. The monoisotopic (exact) mass is 401 g/mol. The van der Waals surface area contributed by atoms with Crippen molar-refractivity contribution in [2.45, 2.75) is 6.36 Å². The van der Waals surface area contributed by atoms with E-state index in [-0.39, 0.29) is 11.4 Å². The smallest absolute Gasteiger partial charge is 0.406 e. The average molecular weight is 402 g/mol. The minimum atomic E-state index is -4.76. The van der Waals surface area contributed by atoms with Crippen LogP contribution in [0.3, 0.4) is 0 Å². The molecule has 0 amide bonds. The topological polar surface area (TPSA) is 70.2 Å². The first-order valence-corrected chi connectivity index (χ1v) is 7.23. The predicted octanol–water partition coefficient (Wildman–Crippen LogP) is 4.59. The van der Waals surface area contributed by atoms with E-state index in [2.05, 4.69) is 25.8 Å². The number of nitro benzene ring substituents is 1. The van der Waals surface area contributed by atoms with Crippen molar-refractivity contribution >= 4 is 32.5 Å². The highest BCUT2D eigenvalue weighted by molar-refractivity contribution is 9.10. The zero-order chi connectivity index (χ0) is 17.5. The fraction of sp³-hybridized carbons (Fsp3) is 0.0714. The molecule has 0 aliphatic rings. The van der Waals surface area contributed by atoms with E-state index in [1.165, 1.54) is 35.0 Å². The van der Waals surface area contributed by atoms with Crippen molar-refractivity contribution in [1.82, 2.24) is 9.78 Å².